The summed E-state index contributed by atoms with van der Waals surface area (Å²) in [5.41, 5.74) is -8.71. The molecule has 0 aliphatic heterocycles. The van der Waals surface area contributed by atoms with E-state index in [0.29, 0.717) is 9.13 Å². The van der Waals surface area contributed by atoms with Crippen molar-refractivity contribution in [1.29, 1.82) is 0 Å². The van der Waals surface area contributed by atoms with Gasteiger partial charge in [-0.2, -0.15) is 0 Å². The van der Waals surface area contributed by atoms with Crippen LogP contribution in [0.4, 0.5) is 0 Å². The standard InChI is InChI=1S/C48H31N3/c1-2-14-32(15-3-1)35-16-4-9-21-42(35)51-46-25-13-7-19-38(46)40-28-26-34(31-48(40)51)50-45-24-12-8-20-39(45)41-30-33(27-29-47(41)50)49-43-22-10-5-17-36(43)37-18-6-11-23-44(37)49/h1-31H/i1D,2D,3D,4D,5D,6D,7D,8D,9D,10D,11D,12D,13D,14D,15D,16D,17D,18D,19D,20D,21D,22D,23D,24D,25D,26D,27D,28D,29D,30D,31D. The number of benzene rings is 8. The smallest absolute Gasteiger partial charge is 0.0667 e. The van der Waals surface area contributed by atoms with Gasteiger partial charge in [-0.1, -0.05) is 127 Å². The van der Waals surface area contributed by atoms with Crippen LogP contribution < -0.4 is 0 Å². The van der Waals surface area contributed by atoms with Crippen molar-refractivity contribution in [3.05, 3.63) is 187 Å². The molecule has 11 aromatic rings. The van der Waals surface area contributed by atoms with E-state index in [2.05, 4.69) is 0 Å². The summed E-state index contributed by atoms with van der Waals surface area (Å²) in [5, 5.41) is -3.67. The number of fused-ring (bicyclic) bond motifs is 9. The Balaban J connectivity index is 1.42. The fraction of sp³-hybridized carbons (Fsp3) is 0. The van der Waals surface area contributed by atoms with Gasteiger partial charge in [0, 0.05) is 49.3 Å². The van der Waals surface area contributed by atoms with Gasteiger partial charge in [-0.3, -0.25) is 0 Å². The predicted molar refractivity (Wildman–Crippen MR) is 215 cm³/mol. The summed E-state index contributed by atoms with van der Waals surface area (Å²) in [5.74, 6) is 0. The monoisotopic (exact) mass is 680 g/mol. The topological polar surface area (TPSA) is 14.8 Å². The van der Waals surface area contributed by atoms with E-state index in [-0.39, 0.29) is 0 Å². The van der Waals surface area contributed by atoms with Gasteiger partial charge in [-0.15, -0.1) is 0 Å². The average molecular weight is 681 g/mol. The molecular weight excluding hydrogens is 619 g/mol. The molecule has 0 fully saturated rings. The highest BCUT2D eigenvalue weighted by Gasteiger charge is 2.19. The molecule has 0 bridgehead atoms. The van der Waals surface area contributed by atoms with Gasteiger partial charge in [0.1, 0.15) is 0 Å². The van der Waals surface area contributed by atoms with Crippen LogP contribution >= 0.6 is 0 Å². The summed E-state index contributed by atoms with van der Waals surface area (Å²) in [4.78, 5) is 0. The lowest BCUT2D eigenvalue weighted by molar-refractivity contribution is 1.15. The van der Waals surface area contributed by atoms with E-state index >= 15 is 0 Å². The van der Waals surface area contributed by atoms with Crippen molar-refractivity contribution in [2.45, 2.75) is 0 Å². The van der Waals surface area contributed by atoms with Crippen LogP contribution in [0.15, 0.2) is 187 Å². The molecule has 0 saturated carbocycles. The molecule has 8 aromatic carbocycles. The minimum Gasteiger partial charge on any atom is -0.309 e. The van der Waals surface area contributed by atoms with Crippen molar-refractivity contribution >= 4 is 65.4 Å². The zero-order chi connectivity index (χ0) is 60.4. The molecule has 0 atom stereocenters. The molecule has 11 rings (SSSR count). The second-order valence-electron chi connectivity index (χ2n) is 11.0. The summed E-state index contributed by atoms with van der Waals surface area (Å²) in [6.07, 6.45) is 0. The molecule has 3 nitrogen and oxygen atoms in total. The van der Waals surface area contributed by atoms with Crippen molar-refractivity contribution in [3.63, 3.8) is 0 Å². The van der Waals surface area contributed by atoms with E-state index in [1.807, 2.05) is 0 Å². The molecule has 0 aliphatic rings. The van der Waals surface area contributed by atoms with Gasteiger partial charge in [0.05, 0.1) is 81.3 Å². The number of hydrogen-bond donors (Lipinski definition) is 0. The second kappa shape index (κ2) is 10.8. The Labute approximate surface area is 338 Å². The Hall–Kier alpha value is -6.84. The highest BCUT2D eigenvalue weighted by Crippen LogP contribution is 2.40. The fourth-order valence-electron chi connectivity index (χ4n) is 6.35. The maximum atomic E-state index is 10.2. The lowest BCUT2D eigenvalue weighted by Crippen LogP contribution is -1.99. The normalized spacial score (nSPS) is 20.4. The Morgan fingerprint density at radius 1 is 0.294 bits per heavy atom. The van der Waals surface area contributed by atoms with Gasteiger partial charge < -0.3 is 13.7 Å². The van der Waals surface area contributed by atoms with Gasteiger partial charge >= 0.3 is 0 Å². The third-order valence-electron chi connectivity index (χ3n) is 8.41. The first-order valence-corrected chi connectivity index (χ1v) is 15.0. The summed E-state index contributed by atoms with van der Waals surface area (Å²) >= 11 is 0. The molecule has 0 unspecified atom stereocenters. The zero-order valence-electron chi connectivity index (χ0n) is 56.3. The Morgan fingerprint density at radius 3 is 1.35 bits per heavy atom. The maximum absolute atomic E-state index is 10.2. The van der Waals surface area contributed by atoms with Crippen molar-refractivity contribution in [1.82, 2.24) is 13.7 Å². The van der Waals surface area contributed by atoms with Crippen LogP contribution in [0.1, 0.15) is 42.5 Å². The first-order chi connectivity index (χ1) is 38.2. The number of aromatic nitrogens is 3. The van der Waals surface area contributed by atoms with Gasteiger partial charge in [0.2, 0.25) is 0 Å². The first kappa shape index (κ1) is 11.3. The molecule has 238 valence electrons. The van der Waals surface area contributed by atoms with Crippen LogP contribution in [-0.4, -0.2) is 13.7 Å². The predicted octanol–water partition coefficient (Wildman–Crippen LogP) is 12.6. The van der Waals surface area contributed by atoms with E-state index in [1.165, 1.54) is 0 Å². The van der Waals surface area contributed by atoms with Crippen molar-refractivity contribution in [2.24, 2.45) is 0 Å². The minimum atomic E-state index is -1.11. The Morgan fingerprint density at radius 2 is 0.725 bits per heavy atom. The number of para-hydroxylation sites is 5. The molecule has 3 heterocycles. The maximum Gasteiger partial charge on any atom is 0.0667 e. The summed E-state index contributed by atoms with van der Waals surface area (Å²) in [6.45, 7) is 0. The van der Waals surface area contributed by atoms with Crippen molar-refractivity contribution < 1.29 is 42.5 Å². The average Bonchev–Trinajstić information content (AvgIpc) is 1.66. The summed E-state index contributed by atoms with van der Waals surface area (Å²) in [7, 11) is 0. The molecule has 0 saturated heterocycles. The molecule has 0 amide bonds. The fourth-order valence-corrected chi connectivity index (χ4v) is 6.35. The zero-order valence-corrected chi connectivity index (χ0v) is 25.3. The van der Waals surface area contributed by atoms with Crippen LogP contribution in [0, 0.1) is 0 Å². The molecule has 0 spiro atoms. The van der Waals surface area contributed by atoms with E-state index in [0.717, 1.165) is 4.57 Å². The number of hydrogen-bond acceptors (Lipinski definition) is 0. The van der Waals surface area contributed by atoms with E-state index in [9.17, 15) is 16.4 Å². The van der Waals surface area contributed by atoms with E-state index in [4.69, 9.17) is 26.0 Å². The van der Waals surface area contributed by atoms with Gasteiger partial charge in [-0.05, 0) is 66.0 Å². The lowest BCUT2D eigenvalue weighted by Gasteiger charge is -2.15. The van der Waals surface area contributed by atoms with Crippen LogP contribution in [0.2, 0.25) is 0 Å². The van der Waals surface area contributed by atoms with Crippen molar-refractivity contribution in [3.8, 4) is 28.2 Å². The lowest BCUT2D eigenvalue weighted by atomic mass is 10.0. The molecular formula is C48H31N3. The van der Waals surface area contributed by atoms with E-state index < -0.39 is 281 Å². The summed E-state index contributed by atoms with van der Waals surface area (Å²) < 4.78 is 283. The second-order valence-corrected chi connectivity index (χ2v) is 11.0. The molecule has 0 radical (unpaired) electrons. The molecule has 51 heavy (non-hydrogen) atoms. The van der Waals surface area contributed by atoms with E-state index in [1.54, 1.807) is 0 Å². The molecule has 0 aliphatic carbocycles. The van der Waals surface area contributed by atoms with Crippen LogP contribution in [0.3, 0.4) is 0 Å². The third-order valence-corrected chi connectivity index (χ3v) is 8.41. The largest absolute Gasteiger partial charge is 0.309 e. The van der Waals surface area contributed by atoms with Gasteiger partial charge in [0.25, 0.3) is 0 Å². The van der Waals surface area contributed by atoms with Crippen molar-refractivity contribution in [2.75, 3.05) is 0 Å². The first-order valence-electron chi connectivity index (χ1n) is 30.5. The Bertz CT molecular complexity index is 4830. The Kier molecular flexibility index (Phi) is 2.41. The van der Waals surface area contributed by atoms with Crippen LogP contribution in [0.5, 0.6) is 0 Å². The van der Waals surface area contributed by atoms with Gasteiger partial charge in [0.15, 0.2) is 0 Å². The third kappa shape index (κ3) is 4.06. The van der Waals surface area contributed by atoms with Gasteiger partial charge in [-0.25, -0.2) is 0 Å². The molecule has 0 N–H and O–H groups in total. The highest BCUT2D eigenvalue weighted by atomic mass is 15.0. The highest BCUT2D eigenvalue weighted by molar-refractivity contribution is 6.14. The summed E-state index contributed by atoms with van der Waals surface area (Å²) in [6, 6.07) is -30.1. The minimum absolute atomic E-state index is 0.494. The van der Waals surface area contributed by atoms with Crippen LogP contribution in [-0.2, 0) is 0 Å². The molecule has 3 aromatic heterocycles. The molecule has 3 heteroatoms. The number of rotatable bonds is 4. The quantitative estimate of drug-likeness (QED) is 0.176. The SMILES string of the molecule is [2H]c1c([2H])c([2H])c(-c2c([2H])c([2H])c([2H])c([2H])c2-n2c3c([2H])c([2H])c([2H])c([2H])c3c3c([2H])c([2H])c(-n4c5c([2H])c([2H])c([2H])c([2H])c5c5c([2H])c(-n6c7c([2H])c([2H])c([2H])c([2H])c7c7c([2H])c([2H])c([2H])c([2H])c76)c([2H])c([2H])c54)c([2H])c32)c([2H])c1[2H]. The van der Waals surface area contributed by atoms with Crippen LogP contribution in [0.25, 0.3) is 93.6 Å². The number of nitrogens with zero attached hydrogens (tertiary/aromatic N) is 3.